The van der Waals surface area contributed by atoms with Gasteiger partial charge in [0.15, 0.2) is 10.9 Å². The number of aryl methyl sites for hydroxylation is 1. The number of Topliss-reactive ketones (excluding diaryl/α,β-unsaturated/α-hetero) is 1. The molecule has 4 nitrogen and oxygen atoms in total. The van der Waals surface area contributed by atoms with Crippen LogP contribution in [0.15, 0.2) is 23.7 Å². The van der Waals surface area contributed by atoms with Crippen LogP contribution in [0.3, 0.4) is 0 Å². The van der Waals surface area contributed by atoms with Crippen molar-refractivity contribution in [2.75, 3.05) is 5.32 Å². The predicted molar refractivity (Wildman–Crippen MR) is 73.4 cm³/mol. The Kier molecular flexibility index (Phi) is 4.22. The van der Waals surface area contributed by atoms with Crippen LogP contribution in [0.25, 0.3) is 0 Å². The average molecular weight is 280 g/mol. The topological polar surface area (TPSA) is 59.1 Å². The van der Waals surface area contributed by atoms with Gasteiger partial charge in [0.2, 0.25) is 5.91 Å². The normalized spacial score (nSPS) is 10.3. The van der Waals surface area contributed by atoms with Crippen molar-refractivity contribution in [3.05, 3.63) is 33.5 Å². The summed E-state index contributed by atoms with van der Waals surface area (Å²) in [6, 6.07) is 3.60. The highest BCUT2D eigenvalue weighted by Gasteiger charge is 2.11. The number of anilines is 1. The molecule has 1 N–H and O–H groups in total. The molecule has 0 radical (unpaired) electrons. The number of hydrogen-bond acceptors (Lipinski definition) is 5. The van der Waals surface area contributed by atoms with Gasteiger partial charge in [-0.15, -0.1) is 22.7 Å². The van der Waals surface area contributed by atoms with E-state index in [0.29, 0.717) is 10.0 Å². The number of hydrogen-bond donors (Lipinski definition) is 1. The van der Waals surface area contributed by atoms with Crippen LogP contribution in [0.1, 0.15) is 27.4 Å². The summed E-state index contributed by atoms with van der Waals surface area (Å²) < 4.78 is 0. The van der Waals surface area contributed by atoms with Crippen LogP contribution < -0.4 is 5.32 Å². The molecule has 6 heteroatoms. The summed E-state index contributed by atoms with van der Waals surface area (Å²) >= 11 is 2.82. The summed E-state index contributed by atoms with van der Waals surface area (Å²) in [5.41, 5.74) is 0. The molecule has 2 heterocycles. The third-order valence-electron chi connectivity index (χ3n) is 2.24. The van der Waals surface area contributed by atoms with E-state index in [1.54, 1.807) is 12.3 Å². The summed E-state index contributed by atoms with van der Waals surface area (Å²) in [6.45, 7) is 1.92. The number of aromatic nitrogens is 1. The van der Waals surface area contributed by atoms with Crippen LogP contribution in [-0.2, 0) is 4.79 Å². The summed E-state index contributed by atoms with van der Waals surface area (Å²) in [7, 11) is 0. The van der Waals surface area contributed by atoms with Crippen LogP contribution in [0.2, 0.25) is 0 Å². The highest BCUT2D eigenvalue weighted by Crippen LogP contribution is 2.17. The van der Waals surface area contributed by atoms with Gasteiger partial charge in [-0.05, 0) is 18.4 Å². The third-order valence-corrected chi connectivity index (χ3v) is 3.98. The molecular formula is C12H12N2O2S2. The monoisotopic (exact) mass is 280 g/mol. The van der Waals surface area contributed by atoms with E-state index >= 15 is 0 Å². The number of amides is 1. The standard InChI is InChI=1S/C12H12N2O2S2/c1-8-7-13-12(18-8)14-11(16)5-4-9(15)10-3-2-6-17-10/h2-3,6-7H,4-5H2,1H3,(H,13,14,16). The van der Waals surface area contributed by atoms with E-state index in [0.717, 1.165) is 4.88 Å². The van der Waals surface area contributed by atoms with Gasteiger partial charge in [-0.3, -0.25) is 9.59 Å². The van der Waals surface area contributed by atoms with Gasteiger partial charge in [0.05, 0.1) is 4.88 Å². The molecule has 0 aromatic carbocycles. The van der Waals surface area contributed by atoms with Gasteiger partial charge in [-0.2, -0.15) is 0 Å². The lowest BCUT2D eigenvalue weighted by Crippen LogP contribution is -2.12. The molecule has 94 valence electrons. The zero-order chi connectivity index (χ0) is 13.0. The summed E-state index contributed by atoms with van der Waals surface area (Å²) in [4.78, 5) is 29.1. The molecule has 0 fully saturated rings. The lowest BCUT2D eigenvalue weighted by atomic mass is 10.2. The van der Waals surface area contributed by atoms with Crippen molar-refractivity contribution in [1.29, 1.82) is 0 Å². The fraction of sp³-hybridized carbons (Fsp3) is 0.250. The predicted octanol–water partition coefficient (Wildman–Crippen LogP) is 3.11. The van der Waals surface area contributed by atoms with Crippen molar-refractivity contribution in [2.24, 2.45) is 0 Å². The second-order valence-corrected chi connectivity index (χ2v) is 5.91. The first-order valence-electron chi connectivity index (χ1n) is 5.44. The summed E-state index contributed by atoms with van der Waals surface area (Å²) in [5.74, 6) is -0.162. The molecule has 0 bridgehead atoms. The van der Waals surface area contributed by atoms with Gasteiger partial charge in [0, 0.05) is 23.9 Å². The second kappa shape index (κ2) is 5.88. The van der Waals surface area contributed by atoms with Crippen molar-refractivity contribution < 1.29 is 9.59 Å². The Balaban J connectivity index is 1.80. The van der Waals surface area contributed by atoms with Crippen LogP contribution in [0.4, 0.5) is 5.13 Å². The van der Waals surface area contributed by atoms with Crippen molar-refractivity contribution in [1.82, 2.24) is 4.98 Å². The van der Waals surface area contributed by atoms with Gasteiger partial charge >= 0.3 is 0 Å². The highest BCUT2D eigenvalue weighted by molar-refractivity contribution is 7.15. The molecule has 0 aliphatic carbocycles. The van der Waals surface area contributed by atoms with Crippen molar-refractivity contribution >= 4 is 39.5 Å². The van der Waals surface area contributed by atoms with Crippen molar-refractivity contribution in [2.45, 2.75) is 19.8 Å². The Morgan fingerprint density at radius 3 is 2.83 bits per heavy atom. The highest BCUT2D eigenvalue weighted by atomic mass is 32.1. The molecule has 0 atom stereocenters. The maximum atomic E-state index is 11.7. The van der Waals surface area contributed by atoms with Gasteiger partial charge in [-0.1, -0.05) is 6.07 Å². The Labute approximate surface area is 113 Å². The van der Waals surface area contributed by atoms with E-state index < -0.39 is 0 Å². The van der Waals surface area contributed by atoms with Crippen LogP contribution >= 0.6 is 22.7 Å². The molecule has 2 aromatic rings. The van der Waals surface area contributed by atoms with E-state index in [4.69, 9.17) is 0 Å². The van der Waals surface area contributed by atoms with E-state index in [9.17, 15) is 9.59 Å². The number of nitrogens with one attached hydrogen (secondary N) is 1. The maximum absolute atomic E-state index is 11.7. The zero-order valence-electron chi connectivity index (χ0n) is 9.80. The van der Waals surface area contributed by atoms with E-state index in [1.807, 2.05) is 18.4 Å². The first kappa shape index (κ1) is 12.9. The molecule has 0 unspecified atom stereocenters. The number of thiazole rings is 1. The Bertz CT molecular complexity index is 546. The molecule has 0 aliphatic rings. The minimum Gasteiger partial charge on any atom is -0.302 e. The second-order valence-electron chi connectivity index (χ2n) is 3.72. The Hall–Kier alpha value is -1.53. The van der Waals surface area contributed by atoms with Crippen LogP contribution in [0.5, 0.6) is 0 Å². The van der Waals surface area contributed by atoms with Crippen molar-refractivity contribution in [3.63, 3.8) is 0 Å². The fourth-order valence-electron chi connectivity index (χ4n) is 1.38. The van der Waals surface area contributed by atoms with Gasteiger partial charge in [0.25, 0.3) is 0 Å². The van der Waals surface area contributed by atoms with Crippen LogP contribution in [0, 0.1) is 6.92 Å². The molecule has 18 heavy (non-hydrogen) atoms. The molecule has 2 rings (SSSR count). The number of thiophene rings is 1. The Morgan fingerprint density at radius 2 is 2.22 bits per heavy atom. The summed E-state index contributed by atoms with van der Waals surface area (Å²) in [6.07, 6.45) is 2.13. The number of rotatable bonds is 5. The molecule has 0 saturated carbocycles. The number of carbonyl (C=O) groups excluding carboxylic acids is 2. The number of carbonyl (C=O) groups is 2. The zero-order valence-corrected chi connectivity index (χ0v) is 11.4. The van der Waals surface area contributed by atoms with E-state index in [-0.39, 0.29) is 24.5 Å². The van der Waals surface area contributed by atoms with Gasteiger partial charge in [0.1, 0.15) is 0 Å². The SMILES string of the molecule is Cc1cnc(NC(=O)CCC(=O)c2cccs2)s1. The van der Waals surface area contributed by atoms with Gasteiger partial charge < -0.3 is 5.32 Å². The van der Waals surface area contributed by atoms with Gasteiger partial charge in [-0.25, -0.2) is 4.98 Å². The minimum absolute atomic E-state index is 0.00969. The lowest BCUT2D eigenvalue weighted by Gasteiger charge is -2.00. The van der Waals surface area contributed by atoms with Crippen LogP contribution in [-0.4, -0.2) is 16.7 Å². The third kappa shape index (κ3) is 3.48. The first-order chi connectivity index (χ1) is 8.65. The molecular weight excluding hydrogens is 268 g/mol. The van der Waals surface area contributed by atoms with Crippen molar-refractivity contribution in [3.8, 4) is 0 Å². The Morgan fingerprint density at radius 1 is 1.39 bits per heavy atom. The summed E-state index contributed by atoms with van der Waals surface area (Å²) in [5, 5.41) is 5.12. The quantitative estimate of drug-likeness (QED) is 0.856. The fourth-order valence-corrected chi connectivity index (χ4v) is 2.76. The molecule has 0 saturated heterocycles. The van der Waals surface area contributed by atoms with E-state index in [2.05, 4.69) is 10.3 Å². The first-order valence-corrected chi connectivity index (χ1v) is 7.14. The largest absolute Gasteiger partial charge is 0.302 e. The molecule has 0 aliphatic heterocycles. The average Bonchev–Trinajstić information content (AvgIpc) is 2.97. The number of ketones is 1. The number of nitrogens with zero attached hydrogens (tertiary/aromatic N) is 1. The lowest BCUT2D eigenvalue weighted by molar-refractivity contribution is -0.116. The minimum atomic E-state index is -0.172. The smallest absolute Gasteiger partial charge is 0.226 e. The molecule has 2 aromatic heterocycles. The van der Waals surface area contributed by atoms with E-state index in [1.165, 1.54) is 22.7 Å². The molecule has 1 amide bonds. The molecule has 0 spiro atoms. The maximum Gasteiger partial charge on any atom is 0.226 e.